The largest absolute Gasteiger partial charge is 0.324 e. The third kappa shape index (κ3) is 3.72. The molecule has 0 aliphatic carbocycles. The Labute approximate surface area is 163 Å². The van der Waals surface area contributed by atoms with E-state index in [-0.39, 0.29) is 17.6 Å². The first-order valence-electron chi connectivity index (χ1n) is 8.11. The van der Waals surface area contributed by atoms with Gasteiger partial charge in [-0.05, 0) is 49.4 Å². The summed E-state index contributed by atoms with van der Waals surface area (Å²) in [5, 5.41) is 6.03. The van der Waals surface area contributed by atoms with E-state index in [2.05, 4.69) is 15.6 Å². The van der Waals surface area contributed by atoms with Gasteiger partial charge in [0.15, 0.2) is 5.13 Å². The number of thioether (sulfide) groups is 1. The number of thiazole rings is 1. The van der Waals surface area contributed by atoms with Gasteiger partial charge < -0.3 is 5.32 Å². The lowest BCUT2D eigenvalue weighted by Crippen LogP contribution is -2.19. The maximum atomic E-state index is 13.1. The number of rotatable bonds is 3. The average Bonchev–Trinajstić information content (AvgIpc) is 3.01. The number of benzene rings is 2. The Kier molecular flexibility index (Phi) is 4.67. The van der Waals surface area contributed by atoms with Gasteiger partial charge in [0.1, 0.15) is 5.82 Å². The second-order valence-electron chi connectivity index (χ2n) is 5.93. The first-order chi connectivity index (χ1) is 13.0. The Morgan fingerprint density at radius 3 is 2.78 bits per heavy atom. The number of hydrogen-bond donors (Lipinski definition) is 2. The zero-order chi connectivity index (χ0) is 19.0. The Morgan fingerprint density at radius 2 is 2.00 bits per heavy atom. The molecule has 1 aliphatic heterocycles. The predicted molar refractivity (Wildman–Crippen MR) is 106 cm³/mol. The molecule has 0 unspecified atom stereocenters. The number of fused-ring (bicyclic) bond motifs is 1. The highest BCUT2D eigenvalue weighted by molar-refractivity contribution is 8.00. The molecule has 136 valence electrons. The highest BCUT2D eigenvalue weighted by atomic mass is 32.2. The second-order valence-corrected chi connectivity index (χ2v) is 8.15. The standard InChI is InChI=1S/C19H14FN3O2S2/c1-10-17(11-2-5-13(20)6-3-11)22-19(27-10)23-18(25)12-4-7-15-14(8-12)21-16(24)9-26-15/h2-8H,9H2,1H3,(H,21,24)(H,22,23,25). The highest BCUT2D eigenvalue weighted by Crippen LogP contribution is 2.33. The summed E-state index contributed by atoms with van der Waals surface area (Å²) in [5.41, 5.74) is 2.59. The lowest BCUT2D eigenvalue weighted by molar-refractivity contribution is -0.113. The maximum absolute atomic E-state index is 13.1. The van der Waals surface area contributed by atoms with E-state index < -0.39 is 0 Å². The topological polar surface area (TPSA) is 71.1 Å². The van der Waals surface area contributed by atoms with Gasteiger partial charge in [-0.15, -0.1) is 23.1 Å². The summed E-state index contributed by atoms with van der Waals surface area (Å²) in [6.07, 6.45) is 0. The minimum Gasteiger partial charge on any atom is -0.324 e. The number of nitrogens with zero attached hydrogens (tertiary/aromatic N) is 1. The molecule has 8 heteroatoms. The molecule has 27 heavy (non-hydrogen) atoms. The van der Waals surface area contributed by atoms with Crippen LogP contribution in [0.3, 0.4) is 0 Å². The van der Waals surface area contributed by atoms with Gasteiger partial charge in [-0.3, -0.25) is 14.9 Å². The molecular formula is C19H14FN3O2S2. The van der Waals surface area contributed by atoms with Crippen LogP contribution in [-0.4, -0.2) is 22.6 Å². The molecule has 0 saturated heterocycles. The number of carbonyl (C=O) groups excluding carboxylic acids is 2. The van der Waals surface area contributed by atoms with Crippen molar-refractivity contribution in [3.63, 3.8) is 0 Å². The third-order valence-electron chi connectivity index (χ3n) is 4.01. The second kappa shape index (κ2) is 7.13. The fourth-order valence-corrected chi connectivity index (χ4v) is 4.34. The molecule has 1 aromatic heterocycles. The van der Waals surface area contributed by atoms with E-state index in [0.29, 0.717) is 27.8 Å². The van der Waals surface area contributed by atoms with Crippen molar-refractivity contribution >= 4 is 45.7 Å². The number of aryl methyl sites for hydroxylation is 1. The van der Waals surface area contributed by atoms with E-state index in [1.165, 1.54) is 35.2 Å². The molecule has 0 fully saturated rings. The van der Waals surface area contributed by atoms with Crippen LogP contribution in [0.4, 0.5) is 15.2 Å². The van der Waals surface area contributed by atoms with E-state index in [9.17, 15) is 14.0 Å². The van der Waals surface area contributed by atoms with Crippen LogP contribution in [0.15, 0.2) is 47.4 Å². The van der Waals surface area contributed by atoms with Crippen molar-refractivity contribution in [1.29, 1.82) is 0 Å². The molecule has 4 rings (SSSR count). The number of carbonyl (C=O) groups is 2. The fraction of sp³-hybridized carbons (Fsp3) is 0.105. The van der Waals surface area contributed by atoms with Gasteiger partial charge in [0, 0.05) is 20.9 Å². The molecule has 5 nitrogen and oxygen atoms in total. The third-order valence-corrected chi connectivity index (χ3v) is 5.97. The van der Waals surface area contributed by atoms with Crippen LogP contribution < -0.4 is 10.6 Å². The van der Waals surface area contributed by atoms with Crippen molar-refractivity contribution in [2.75, 3.05) is 16.4 Å². The normalized spacial score (nSPS) is 13.0. The molecule has 0 saturated carbocycles. The minimum atomic E-state index is -0.308. The van der Waals surface area contributed by atoms with Crippen LogP contribution in [0, 0.1) is 12.7 Å². The summed E-state index contributed by atoms with van der Waals surface area (Å²) in [6.45, 7) is 1.90. The van der Waals surface area contributed by atoms with Crippen molar-refractivity contribution in [2.24, 2.45) is 0 Å². The molecule has 0 bridgehead atoms. The van der Waals surface area contributed by atoms with Crippen molar-refractivity contribution in [3.8, 4) is 11.3 Å². The molecule has 2 heterocycles. The predicted octanol–water partition coefficient (Wildman–Crippen LogP) is 4.55. The number of anilines is 2. The van der Waals surface area contributed by atoms with Gasteiger partial charge in [-0.2, -0.15) is 0 Å². The van der Waals surface area contributed by atoms with Gasteiger partial charge in [0.05, 0.1) is 17.1 Å². The van der Waals surface area contributed by atoms with Gasteiger partial charge in [0.2, 0.25) is 5.91 Å². The summed E-state index contributed by atoms with van der Waals surface area (Å²) in [6, 6.07) is 11.3. The zero-order valence-electron chi connectivity index (χ0n) is 14.2. The van der Waals surface area contributed by atoms with Crippen molar-refractivity contribution in [3.05, 3.63) is 58.7 Å². The molecule has 2 amide bonds. The van der Waals surface area contributed by atoms with Crippen LogP contribution in [-0.2, 0) is 4.79 Å². The van der Waals surface area contributed by atoms with Crippen LogP contribution >= 0.6 is 23.1 Å². The first-order valence-corrected chi connectivity index (χ1v) is 9.91. The Bertz CT molecular complexity index is 1050. The average molecular weight is 399 g/mol. The van der Waals surface area contributed by atoms with Gasteiger partial charge >= 0.3 is 0 Å². The van der Waals surface area contributed by atoms with E-state index in [4.69, 9.17) is 0 Å². The monoisotopic (exact) mass is 399 g/mol. The van der Waals surface area contributed by atoms with Crippen LogP contribution in [0.2, 0.25) is 0 Å². The van der Waals surface area contributed by atoms with E-state index in [0.717, 1.165) is 15.3 Å². The summed E-state index contributed by atoms with van der Waals surface area (Å²) >= 11 is 2.80. The number of amides is 2. The van der Waals surface area contributed by atoms with E-state index in [1.807, 2.05) is 13.0 Å². The van der Waals surface area contributed by atoms with E-state index in [1.54, 1.807) is 24.3 Å². The minimum absolute atomic E-state index is 0.0791. The Balaban J connectivity index is 1.55. The van der Waals surface area contributed by atoms with E-state index >= 15 is 0 Å². The lowest BCUT2D eigenvalue weighted by atomic mass is 10.1. The molecule has 2 aromatic carbocycles. The zero-order valence-corrected chi connectivity index (χ0v) is 15.8. The number of halogens is 1. The summed E-state index contributed by atoms with van der Waals surface area (Å²) < 4.78 is 13.1. The fourth-order valence-electron chi connectivity index (χ4n) is 2.72. The number of aromatic nitrogens is 1. The molecular weight excluding hydrogens is 385 g/mol. The summed E-state index contributed by atoms with van der Waals surface area (Å²) in [5.74, 6) is -0.312. The van der Waals surface area contributed by atoms with Crippen molar-refractivity contribution < 1.29 is 14.0 Å². The summed E-state index contributed by atoms with van der Waals surface area (Å²) in [4.78, 5) is 30.4. The molecule has 3 aromatic rings. The Morgan fingerprint density at radius 1 is 1.22 bits per heavy atom. The summed E-state index contributed by atoms with van der Waals surface area (Å²) in [7, 11) is 0. The van der Waals surface area contributed by atoms with Gasteiger partial charge in [-0.1, -0.05) is 0 Å². The maximum Gasteiger partial charge on any atom is 0.257 e. The van der Waals surface area contributed by atoms with Crippen LogP contribution in [0.1, 0.15) is 15.2 Å². The van der Waals surface area contributed by atoms with Gasteiger partial charge in [-0.25, -0.2) is 9.37 Å². The SMILES string of the molecule is Cc1sc(NC(=O)c2ccc3c(c2)NC(=O)CS3)nc1-c1ccc(F)cc1. The molecule has 0 radical (unpaired) electrons. The highest BCUT2D eigenvalue weighted by Gasteiger charge is 2.18. The smallest absolute Gasteiger partial charge is 0.257 e. The Hall–Kier alpha value is -2.71. The van der Waals surface area contributed by atoms with Crippen molar-refractivity contribution in [2.45, 2.75) is 11.8 Å². The van der Waals surface area contributed by atoms with Crippen molar-refractivity contribution in [1.82, 2.24) is 4.98 Å². The first kappa shape index (κ1) is 17.7. The lowest BCUT2D eigenvalue weighted by Gasteiger charge is -2.16. The number of hydrogen-bond acceptors (Lipinski definition) is 5. The van der Waals surface area contributed by atoms with Crippen LogP contribution in [0.25, 0.3) is 11.3 Å². The molecule has 0 spiro atoms. The quantitative estimate of drug-likeness (QED) is 0.678. The molecule has 1 aliphatic rings. The molecule has 2 N–H and O–H groups in total. The van der Waals surface area contributed by atoms with Crippen LogP contribution in [0.5, 0.6) is 0 Å². The number of nitrogens with one attached hydrogen (secondary N) is 2. The van der Waals surface area contributed by atoms with Gasteiger partial charge in [0.25, 0.3) is 5.91 Å². The molecule has 0 atom stereocenters.